The summed E-state index contributed by atoms with van der Waals surface area (Å²) in [6.07, 6.45) is 10.9. The third-order valence-corrected chi connectivity index (χ3v) is 4.09. The zero-order valence-corrected chi connectivity index (χ0v) is 10.4. The van der Waals surface area contributed by atoms with Crippen LogP contribution >= 0.6 is 0 Å². The van der Waals surface area contributed by atoms with Gasteiger partial charge in [-0.15, -0.1) is 0 Å². The van der Waals surface area contributed by atoms with Crippen molar-refractivity contribution >= 4 is 5.78 Å². The summed E-state index contributed by atoms with van der Waals surface area (Å²) in [6.45, 7) is 2.13. The molecule has 92 valence electrons. The van der Waals surface area contributed by atoms with E-state index in [1.807, 2.05) is 0 Å². The lowest BCUT2D eigenvalue weighted by Crippen LogP contribution is -2.19. The summed E-state index contributed by atoms with van der Waals surface area (Å²) in [5, 5.41) is 0. The van der Waals surface area contributed by atoms with Crippen molar-refractivity contribution in [3.8, 4) is 0 Å². The van der Waals surface area contributed by atoms with Crippen LogP contribution < -0.4 is 0 Å². The van der Waals surface area contributed by atoms with E-state index >= 15 is 0 Å². The van der Waals surface area contributed by atoms with Crippen LogP contribution in [-0.4, -0.2) is 18.0 Å². The number of Topliss-reactive ketones (excluding diaryl/α,β-unsaturated/α-hetero) is 1. The molecule has 2 fully saturated rings. The van der Waals surface area contributed by atoms with Gasteiger partial charge in [0.25, 0.3) is 0 Å². The molecule has 1 heterocycles. The molecule has 16 heavy (non-hydrogen) atoms. The van der Waals surface area contributed by atoms with E-state index in [4.69, 9.17) is 4.74 Å². The van der Waals surface area contributed by atoms with Crippen LogP contribution in [0, 0.1) is 5.92 Å². The third-order valence-electron chi connectivity index (χ3n) is 4.09. The number of ether oxygens (including phenoxy) is 1. The van der Waals surface area contributed by atoms with Gasteiger partial charge in [-0.3, -0.25) is 4.79 Å². The molecule has 0 radical (unpaired) electrons. The summed E-state index contributed by atoms with van der Waals surface area (Å²) < 4.78 is 5.75. The van der Waals surface area contributed by atoms with Gasteiger partial charge in [0.05, 0.1) is 12.2 Å². The molecule has 2 unspecified atom stereocenters. The zero-order valence-electron chi connectivity index (χ0n) is 10.4. The van der Waals surface area contributed by atoms with Gasteiger partial charge in [-0.05, 0) is 39.0 Å². The van der Waals surface area contributed by atoms with Crippen LogP contribution in [-0.2, 0) is 9.53 Å². The summed E-state index contributed by atoms with van der Waals surface area (Å²) in [6, 6.07) is 0. The van der Waals surface area contributed by atoms with E-state index in [0.717, 1.165) is 32.1 Å². The van der Waals surface area contributed by atoms with E-state index in [2.05, 4.69) is 6.92 Å². The highest BCUT2D eigenvalue weighted by Gasteiger charge is 2.25. The predicted molar refractivity (Wildman–Crippen MR) is 64.4 cm³/mol. The lowest BCUT2D eigenvalue weighted by Gasteiger charge is -2.20. The minimum absolute atomic E-state index is 0.363. The fourth-order valence-electron chi connectivity index (χ4n) is 3.03. The van der Waals surface area contributed by atoms with Crippen molar-refractivity contribution in [2.75, 3.05) is 0 Å². The second-order valence-corrected chi connectivity index (χ2v) is 5.49. The summed E-state index contributed by atoms with van der Waals surface area (Å²) in [4.78, 5) is 12.0. The molecule has 0 amide bonds. The average molecular weight is 224 g/mol. The number of rotatable bonds is 4. The van der Waals surface area contributed by atoms with E-state index in [9.17, 15) is 4.79 Å². The van der Waals surface area contributed by atoms with Crippen LogP contribution in [0.25, 0.3) is 0 Å². The van der Waals surface area contributed by atoms with Crippen molar-refractivity contribution in [3.63, 3.8) is 0 Å². The molecule has 0 N–H and O–H groups in total. The van der Waals surface area contributed by atoms with Crippen LogP contribution in [0.5, 0.6) is 0 Å². The Hall–Kier alpha value is -0.370. The Bertz CT molecular complexity index is 231. The number of hydrogen-bond acceptors (Lipinski definition) is 2. The van der Waals surface area contributed by atoms with Crippen LogP contribution in [0.1, 0.15) is 64.7 Å². The van der Waals surface area contributed by atoms with Gasteiger partial charge in [-0.1, -0.05) is 19.3 Å². The highest BCUT2D eigenvalue weighted by molar-refractivity contribution is 5.81. The Morgan fingerprint density at radius 1 is 1.12 bits per heavy atom. The standard InChI is InChI=1S/C14H24O2/c1-11-7-8-13(16-11)9-10-14(15)12-5-3-2-4-6-12/h11-13H,2-10H2,1H3. The van der Waals surface area contributed by atoms with Gasteiger partial charge in [0, 0.05) is 12.3 Å². The van der Waals surface area contributed by atoms with Gasteiger partial charge in [0.1, 0.15) is 5.78 Å². The van der Waals surface area contributed by atoms with Crippen LogP contribution in [0.15, 0.2) is 0 Å². The molecule has 1 saturated carbocycles. The zero-order chi connectivity index (χ0) is 11.4. The molecule has 2 rings (SSSR count). The molecule has 2 heteroatoms. The van der Waals surface area contributed by atoms with Crippen LogP contribution in [0.3, 0.4) is 0 Å². The minimum Gasteiger partial charge on any atom is -0.375 e. The molecule has 0 bridgehead atoms. The van der Waals surface area contributed by atoms with Gasteiger partial charge in [-0.2, -0.15) is 0 Å². The van der Waals surface area contributed by atoms with Crippen LogP contribution in [0.2, 0.25) is 0 Å². The molecule has 0 aromatic heterocycles. The highest BCUT2D eigenvalue weighted by Crippen LogP contribution is 2.28. The Morgan fingerprint density at radius 3 is 2.50 bits per heavy atom. The van der Waals surface area contributed by atoms with Crippen molar-refractivity contribution in [3.05, 3.63) is 0 Å². The fourth-order valence-corrected chi connectivity index (χ4v) is 3.03. The van der Waals surface area contributed by atoms with E-state index in [1.165, 1.54) is 25.7 Å². The maximum Gasteiger partial charge on any atom is 0.136 e. The first-order valence-corrected chi connectivity index (χ1v) is 6.94. The molecule has 1 saturated heterocycles. The first-order valence-electron chi connectivity index (χ1n) is 6.94. The summed E-state index contributed by atoms with van der Waals surface area (Å²) in [7, 11) is 0. The highest BCUT2D eigenvalue weighted by atomic mass is 16.5. The molecule has 1 aliphatic carbocycles. The first-order chi connectivity index (χ1) is 7.75. The van der Waals surface area contributed by atoms with Gasteiger partial charge < -0.3 is 4.74 Å². The van der Waals surface area contributed by atoms with Crippen LogP contribution in [0.4, 0.5) is 0 Å². The molecule has 0 spiro atoms. The van der Waals surface area contributed by atoms with Crippen molar-refractivity contribution in [2.45, 2.75) is 76.9 Å². The Balaban J connectivity index is 1.66. The average Bonchev–Trinajstić information content (AvgIpc) is 2.73. The second-order valence-electron chi connectivity index (χ2n) is 5.49. The van der Waals surface area contributed by atoms with Gasteiger partial charge in [-0.25, -0.2) is 0 Å². The van der Waals surface area contributed by atoms with Crippen molar-refractivity contribution in [1.29, 1.82) is 0 Å². The first kappa shape index (κ1) is 12.1. The number of carbonyl (C=O) groups is 1. The van der Waals surface area contributed by atoms with E-state index < -0.39 is 0 Å². The Kier molecular flexibility index (Phi) is 4.39. The van der Waals surface area contributed by atoms with Crippen molar-refractivity contribution < 1.29 is 9.53 Å². The number of hydrogen-bond donors (Lipinski definition) is 0. The molecule has 0 aromatic rings. The lowest BCUT2D eigenvalue weighted by atomic mass is 9.84. The predicted octanol–water partition coefficient (Wildman–Crippen LogP) is 3.48. The molecule has 2 aliphatic rings. The van der Waals surface area contributed by atoms with E-state index in [0.29, 0.717) is 23.9 Å². The van der Waals surface area contributed by atoms with Gasteiger partial charge in [0.15, 0.2) is 0 Å². The topological polar surface area (TPSA) is 26.3 Å². The smallest absolute Gasteiger partial charge is 0.136 e. The minimum atomic E-state index is 0.363. The quantitative estimate of drug-likeness (QED) is 0.730. The van der Waals surface area contributed by atoms with Crippen molar-refractivity contribution in [1.82, 2.24) is 0 Å². The van der Waals surface area contributed by atoms with Gasteiger partial charge in [0.2, 0.25) is 0 Å². The molecule has 1 aliphatic heterocycles. The summed E-state index contributed by atoms with van der Waals surface area (Å²) >= 11 is 0. The molecule has 2 atom stereocenters. The summed E-state index contributed by atoms with van der Waals surface area (Å²) in [5.41, 5.74) is 0. The monoisotopic (exact) mass is 224 g/mol. The maximum atomic E-state index is 12.0. The normalized spacial score (nSPS) is 31.8. The SMILES string of the molecule is CC1CCC(CCC(=O)C2CCCCC2)O1. The summed E-state index contributed by atoms with van der Waals surface area (Å²) in [5.74, 6) is 0.885. The maximum absolute atomic E-state index is 12.0. The van der Waals surface area contributed by atoms with Gasteiger partial charge >= 0.3 is 0 Å². The fraction of sp³-hybridized carbons (Fsp3) is 0.929. The Morgan fingerprint density at radius 2 is 1.88 bits per heavy atom. The molecule has 2 nitrogen and oxygen atoms in total. The largest absolute Gasteiger partial charge is 0.375 e. The number of carbonyl (C=O) groups excluding carboxylic acids is 1. The molecular weight excluding hydrogens is 200 g/mol. The van der Waals surface area contributed by atoms with E-state index in [-0.39, 0.29) is 0 Å². The lowest BCUT2D eigenvalue weighted by molar-refractivity contribution is -0.124. The number of ketones is 1. The van der Waals surface area contributed by atoms with Crippen molar-refractivity contribution in [2.24, 2.45) is 5.92 Å². The van der Waals surface area contributed by atoms with E-state index in [1.54, 1.807) is 0 Å². The third kappa shape index (κ3) is 3.31. The Labute approximate surface area is 98.7 Å². The molecular formula is C14H24O2. The second kappa shape index (κ2) is 5.81. The molecule has 0 aromatic carbocycles.